The zero-order chi connectivity index (χ0) is 16.7. The zero-order valence-corrected chi connectivity index (χ0v) is 14.1. The Bertz CT molecular complexity index is 522. The lowest BCUT2D eigenvalue weighted by Crippen LogP contribution is -2.45. The fourth-order valence-corrected chi connectivity index (χ4v) is 2.86. The first kappa shape index (κ1) is 17.5. The highest BCUT2D eigenvalue weighted by molar-refractivity contribution is 5.97. The van der Waals surface area contributed by atoms with Gasteiger partial charge in [0.2, 0.25) is 0 Å². The fraction of sp³-hybridized carbons (Fsp3) is 0.556. The third-order valence-electron chi connectivity index (χ3n) is 4.19. The molecule has 5 nitrogen and oxygen atoms in total. The second-order valence-electron chi connectivity index (χ2n) is 5.98. The van der Waals surface area contributed by atoms with Crippen molar-refractivity contribution in [2.75, 3.05) is 26.2 Å². The maximum Gasteiger partial charge on any atom is 0.253 e. The van der Waals surface area contributed by atoms with E-state index < -0.39 is 0 Å². The minimum atomic E-state index is -0.0707. The summed E-state index contributed by atoms with van der Waals surface area (Å²) in [4.78, 5) is 26.5. The summed E-state index contributed by atoms with van der Waals surface area (Å²) in [6.45, 7) is 7.34. The molecule has 0 saturated carbocycles. The van der Waals surface area contributed by atoms with Gasteiger partial charge in [-0.05, 0) is 57.0 Å². The van der Waals surface area contributed by atoms with Crippen LogP contribution in [0.2, 0.25) is 0 Å². The van der Waals surface area contributed by atoms with E-state index in [9.17, 15) is 9.59 Å². The molecule has 1 aromatic carbocycles. The van der Waals surface area contributed by atoms with E-state index in [1.165, 1.54) is 0 Å². The van der Waals surface area contributed by atoms with Crippen LogP contribution >= 0.6 is 0 Å². The number of hydrogen-bond donors (Lipinski definition) is 2. The van der Waals surface area contributed by atoms with Gasteiger partial charge in [-0.1, -0.05) is 6.92 Å². The van der Waals surface area contributed by atoms with E-state index in [0.717, 1.165) is 38.9 Å². The number of benzene rings is 1. The first-order chi connectivity index (χ1) is 11.2. The molecule has 0 aromatic heterocycles. The van der Waals surface area contributed by atoms with Crippen molar-refractivity contribution in [3.05, 3.63) is 35.4 Å². The molecule has 1 saturated heterocycles. The van der Waals surface area contributed by atoms with Gasteiger partial charge in [0.1, 0.15) is 0 Å². The number of hydrogen-bond acceptors (Lipinski definition) is 3. The summed E-state index contributed by atoms with van der Waals surface area (Å²) in [6, 6.07) is 7.15. The lowest BCUT2D eigenvalue weighted by Gasteiger charge is -2.24. The quantitative estimate of drug-likeness (QED) is 0.844. The van der Waals surface area contributed by atoms with Crippen LogP contribution in [0, 0.1) is 0 Å². The largest absolute Gasteiger partial charge is 0.348 e. The van der Waals surface area contributed by atoms with Crippen LogP contribution in [0.3, 0.4) is 0 Å². The molecule has 1 aromatic rings. The van der Waals surface area contributed by atoms with Gasteiger partial charge in [0.05, 0.1) is 0 Å². The molecule has 126 valence electrons. The average molecular weight is 317 g/mol. The average Bonchev–Trinajstić information content (AvgIpc) is 2.60. The Labute approximate surface area is 138 Å². The van der Waals surface area contributed by atoms with Crippen molar-refractivity contribution < 1.29 is 9.59 Å². The van der Waals surface area contributed by atoms with Crippen LogP contribution in [0.5, 0.6) is 0 Å². The van der Waals surface area contributed by atoms with Crippen LogP contribution in [-0.4, -0.2) is 48.9 Å². The fourth-order valence-electron chi connectivity index (χ4n) is 2.86. The summed E-state index contributed by atoms with van der Waals surface area (Å²) in [5.41, 5.74) is 1.24. The molecule has 0 unspecified atom stereocenters. The SMILES string of the molecule is CCCN(CC)C(=O)c1ccc(C(=O)N[C@H]2CCCNC2)cc1. The predicted molar refractivity (Wildman–Crippen MR) is 91.7 cm³/mol. The molecule has 0 radical (unpaired) electrons. The number of carbonyl (C=O) groups is 2. The van der Waals surface area contributed by atoms with Gasteiger partial charge in [-0.2, -0.15) is 0 Å². The van der Waals surface area contributed by atoms with Crippen LogP contribution in [-0.2, 0) is 0 Å². The van der Waals surface area contributed by atoms with Gasteiger partial charge in [0.25, 0.3) is 11.8 Å². The molecule has 2 N–H and O–H groups in total. The Balaban J connectivity index is 1.97. The molecule has 5 heteroatoms. The van der Waals surface area contributed by atoms with E-state index in [1.807, 2.05) is 11.8 Å². The van der Waals surface area contributed by atoms with Crippen molar-refractivity contribution in [2.45, 2.75) is 39.2 Å². The predicted octanol–water partition coefficient (Wildman–Crippen LogP) is 2.04. The van der Waals surface area contributed by atoms with Crippen molar-refractivity contribution in [1.29, 1.82) is 0 Å². The van der Waals surface area contributed by atoms with Crippen LogP contribution in [0.25, 0.3) is 0 Å². The molecule has 0 bridgehead atoms. The minimum Gasteiger partial charge on any atom is -0.348 e. The van der Waals surface area contributed by atoms with Gasteiger partial charge in [-0.15, -0.1) is 0 Å². The highest BCUT2D eigenvalue weighted by Gasteiger charge is 2.17. The van der Waals surface area contributed by atoms with Crippen molar-refractivity contribution in [1.82, 2.24) is 15.5 Å². The molecule has 0 spiro atoms. The summed E-state index contributed by atoms with van der Waals surface area (Å²) in [5, 5.41) is 6.32. The van der Waals surface area contributed by atoms with E-state index in [-0.39, 0.29) is 17.9 Å². The van der Waals surface area contributed by atoms with Crippen LogP contribution in [0.1, 0.15) is 53.8 Å². The van der Waals surface area contributed by atoms with Gasteiger partial charge < -0.3 is 15.5 Å². The lowest BCUT2D eigenvalue weighted by atomic mass is 10.1. The van der Waals surface area contributed by atoms with Gasteiger partial charge in [-0.3, -0.25) is 9.59 Å². The van der Waals surface area contributed by atoms with E-state index >= 15 is 0 Å². The molecule has 1 fully saturated rings. The highest BCUT2D eigenvalue weighted by Crippen LogP contribution is 2.10. The third-order valence-corrected chi connectivity index (χ3v) is 4.19. The van der Waals surface area contributed by atoms with E-state index in [1.54, 1.807) is 24.3 Å². The molecule has 1 aliphatic heterocycles. The Morgan fingerprint density at radius 2 is 1.91 bits per heavy atom. The Morgan fingerprint density at radius 3 is 2.48 bits per heavy atom. The maximum absolute atomic E-state index is 12.4. The van der Waals surface area contributed by atoms with Gasteiger partial charge >= 0.3 is 0 Å². The molecular weight excluding hydrogens is 290 g/mol. The Morgan fingerprint density at radius 1 is 1.22 bits per heavy atom. The summed E-state index contributed by atoms with van der Waals surface area (Å²) < 4.78 is 0. The van der Waals surface area contributed by atoms with E-state index in [0.29, 0.717) is 17.7 Å². The van der Waals surface area contributed by atoms with Crippen LogP contribution in [0.4, 0.5) is 0 Å². The second-order valence-corrected chi connectivity index (χ2v) is 5.98. The van der Waals surface area contributed by atoms with Crippen molar-refractivity contribution in [3.8, 4) is 0 Å². The number of piperidine rings is 1. The molecular formula is C18H27N3O2. The molecule has 23 heavy (non-hydrogen) atoms. The molecule has 1 atom stereocenters. The normalized spacial score (nSPS) is 17.6. The number of carbonyl (C=O) groups excluding carboxylic acids is 2. The van der Waals surface area contributed by atoms with Crippen LogP contribution < -0.4 is 10.6 Å². The first-order valence-electron chi connectivity index (χ1n) is 8.56. The number of rotatable bonds is 6. The second kappa shape index (κ2) is 8.67. The van der Waals surface area contributed by atoms with Crippen LogP contribution in [0.15, 0.2) is 24.3 Å². The Kier molecular flexibility index (Phi) is 6.59. The number of nitrogens with one attached hydrogen (secondary N) is 2. The lowest BCUT2D eigenvalue weighted by molar-refractivity contribution is 0.0763. The summed E-state index contributed by atoms with van der Waals surface area (Å²) >= 11 is 0. The standard InChI is InChI=1S/C18H27N3O2/c1-3-12-21(4-2)18(23)15-9-7-14(8-10-15)17(22)20-16-6-5-11-19-13-16/h7-10,16,19H,3-6,11-13H2,1-2H3,(H,20,22)/t16-/m0/s1. The summed E-state index contributed by atoms with van der Waals surface area (Å²) in [5.74, 6) is -0.0450. The summed E-state index contributed by atoms with van der Waals surface area (Å²) in [6.07, 6.45) is 3.04. The molecule has 1 heterocycles. The molecule has 2 rings (SSSR count). The summed E-state index contributed by atoms with van der Waals surface area (Å²) in [7, 11) is 0. The topological polar surface area (TPSA) is 61.4 Å². The Hall–Kier alpha value is -1.88. The number of amides is 2. The van der Waals surface area contributed by atoms with Crippen molar-refractivity contribution >= 4 is 11.8 Å². The van der Waals surface area contributed by atoms with Gasteiger partial charge in [0, 0.05) is 36.8 Å². The highest BCUT2D eigenvalue weighted by atomic mass is 16.2. The van der Waals surface area contributed by atoms with Gasteiger partial charge in [-0.25, -0.2) is 0 Å². The third kappa shape index (κ3) is 4.79. The van der Waals surface area contributed by atoms with Crippen molar-refractivity contribution in [2.24, 2.45) is 0 Å². The molecule has 2 amide bonds. The maximum atomic E-state index is 12.4. The van der Waals surface area contributed by atoms with Gasteiger partial charge in [0.15, 0.2) is 0 Å². The smallest absolute Gasteiger partial charge is 0.253 e. The molecule has 1 aliphatic rings. The number of nitrogens with zero attached hydrogens (tertiary/aromatic N) is 1. The van der Waals surface area contributed by atoms with E-state index in [4.69, 9.17) is 0 Å². The molecule has 0 aliphatic carbocycles. The van der Waals surface area contributed by atoms with E-state index in [2.05, 4.69) is 17.6 Å². The first-order valence-corrected chi connectivity index (χ1v) is 8.56. The van der Waals surface area contributed by atoms with Crippen molar-refractivity contribution in [3.63, 3.8) is 0 Å². The monoisotopic (exact) mass is 317 g/mol. The minimum absolute atomic E-state index is 0.0257. The zero-order valence-electron chi connectivity index (χ0n) is 14.1.